The van der Waals surface area contributed by atoms with Gasteiger partial charge in [0.05, 0.1) is 18.1 Å². The minimum atomic E-state index is -0.569. The first kappa shape index (κ1) is 23.9. The average molecular weight is 451 g/mol. The van der Waals surface area contributed by atoms with E-state index >= 15 is 0 Å². The van der Waals surface area contributed by atoms with Crippen LogP contribution in [0.25, 0.3) is 10.9 Å². The average Bonchev–Trinajstić information content (AvgIpc) is 3.19. The quantitative estimate of drug-likeness (QED) is 0.479. The van der Waals surface area contributed by atoms with Crippen LogP contribution >= 0.6 is 0 Å². The van der Waals surface area contributed by atoms with Gasteiger partial charge in [-0.2, -0.15) is 5.26 Å². The molecule has 0 bridgehead atoms. The van der Waals surface area contributed by atoms with Crippen molar-refractivity contribution in [2.24, 2.45) is 11.7 Å². The summed E-state index contributed by atoms with van der Waals surface area (Å²) in [6.07, 6.45) is 6.06. The molecule has 1 saturated carbocycles. The maximum atomic E-state index is 13.0. The maximum absolute atomic E-state index is 13.0. The summed E-state index contributed by atoms with van der Waals surface area (Å²) in [7, 11) is 1.76. The molecule has 0 unspecified atom stereocenters. The lowest BCUT2D eigenvalue weighted by Crippen LogP contribution is -2.33. The van der Waals surface area contributed by atoms with E-state index in [9.17, 15) is 14.4 Å². The lowest BCUT2D eigenvalue weighted by Gasteiger charge is -2.26. The van der Waals surface area contributed by atoms with Gasteiger partial charge in [0, 0.05) is 47.9 Å². The Morgan fingerprint density at radius 3 is 2.64 bits per heavy atom. The molecule has 0 radical (unpaired) electrons. The number of hydrogen-bond acceptors (Lipinski definition) is 5. The van der Waals surface area contributed by atoms with Gasteiger partial charge < -0.3 is 26.3 Å². The van der Waals surface area contributed by atoms with E-state index in [1.54, 1.807) is 37.1 Å². The van der Waals surface area contributed by atoms with E-state index in [1.807, 2.05) is 6.07 Å². The van der Waals surface area contributed by atoms with Crippen molar-refractivity contribution < 1.29 is 14.4 Å². The molecule has 9 nitrogen and oxygen atoms in total. The second-order valence-electron chi connectivity index (χ2n) is 8.18. The van der Waals surface area contributed by atoms with Crippen LogP contribution in [0.15, 0.2) is 30.0 Å². The van der Waals surface area contributed by atoms with Crippen LogP contribution < -0.4 is 21.3 Å². The number of nitrogens with two attached hydrogens (primary N) is 1. The molecule has 3 amide bonds. The molecule has 33 heavy (non-hydrogen) atoms. The van der Waals surface area contributed by atoms with Gasteiger partial charge in [-0.25, -0.2) is 0 Å². The molecule has 0 aliphatic heterocycles. The summed E-state index contributed by atoms with van der Waals surface area (Å²) in [6.45, 7) is 2.22. The topological polar surface area (TPSA) is 144 Å². The van der Waals surface area contributed by atoms with Crippen molar-refractivity contribution in [3.63, 3.8) is 0 Å². The van der Waals surface area contributed by atoms with Crippen LogP contribution in [-0.4, -0.2) is 36.3 Å². The van der Waals surface area contributed by atoms with Crippen LogP contribution in [0, 0.1) is 17.2 Å². The molecule has 0 atom stereocenters. The van der Waals surface area contributed by atoms with E-state index in [4.69, 9.17) is 11.0 Å². The highest BCUT2D eigenvalue weighted by Crippen LogP contribution is 2.32. The number of fused-ring (bicyclic) bond motifs is 1. The van der Waals surface area contributed by atoms with Crippen molar-refractivity contribution in [2.75, 3.05) is 23.8 Å². The number of nitrogens with one attached hydrogen (secondary N) is 3. The van der Waals surface area contributed by atoms with Gasteiger partial charge in [-0.05, 0) is 38.0 Å². The molecule has 9 heteroatoms. The zero-order chi connectivity index (χ0) is 24.0. The van der Waals surface area contributed by atoms with Gasteiger partial charge in [0.2, 0.25) is 5.91 Å². The van der Waals surface area contributed by atoms with Gasteiger partial charge in [-0.3, -0.25) is 14.4 Å². The number of carbonyl (C=O) groups is 3. The van der Waals surface area contributed by atoms with Gasteiger partial charge >= 0.3 is 0 Å². The first-order valence-corrected chi connectivity index (χ1v) is 11.2. The van der Waals surface area contributed by atoms with Gasteiger partial charge in [-0.15, -0.1) is 0 Å². The third-order valence-corrected chi connectivity index (χ3v) is 6.02. The highest BCUT2D eigenvalue weighted by Gasteiger charge is 2.26. The van der Waals surface area contributed by atoms with Gasteiger partial charge in [-0.1, -0.05) is 19.3 Å². The molecule has 5 N–H and O–H groups in total. The largest absolute Gasteiger partial charge is 0.404 e. The number of hydrogen-bond donors (Lipinski definition) is 4. The van der Waals surface area contributed by atoms with Crippen LogP contribution in [0.3, 0.4) is 0 Å². The predicted octanol–water partition coefficient (Wildman–Crippen LogP) is 3.16. The van der Waals surface area contributed by atoms with Gasteiger partial charge in [0.15, 0.2) is 0 Å². The number of benzene rings is 1. The fourth-order valence-electron chi connectivity index (χ4n) is 4.22. The van der Waals surface area contributed by atoms with Crippen molar-refractivity contribution in [2.45, 2.75) is 45.4 Å². The van der Waals surface area contributed by atoms with E-state index in [1.165, 1.54) is 6.42 Å². The minimum absolute atomic E-state index is 0.0328. The van der Waals surface area contributed by atoms with Gasteiger partial charge in [0.25, 0.3) is 11.8 Å². The van der Waals surface area contributed by atoms with E-state index < -0.39 is 5.91 Å². The lowest BCUT2D eigenvalue weighted by atomic mass is 9.88. The predicted molar refractivity (Wildman–Crippen MR) is 127 cm³/mol. The molecule has 0 saturated heterocycles. The molecule has 1 fully saturated rings. The molecule has 174 valence electrons. The fraction of sp³-hybridized carbons (Fsp3) is 0.417. The Labute approximate surface area is 193 Å². The number of rotatable bonds is 7. The zero-order valence-corrected chi connectivity index (χ0v) is 19.0. The minimum Gasteiger partial charge on any atom is -0.404 e. The van der Waals surface area contributed by atoms with E-state index in [0.717, 1.165) is 31.9 Å². The van der Waals surface area contributed by atoms with Crippen molar-refractivity contribution >= 4 is 40.1 Å². The highest BCUT2D eigenvalue weighted by atomic mass is 16.2. The molecule has 1 aliphatic carbocycles. The summed E-state index contributed by atoms with van der Waals surface area (Å²) in [5, 5.41) is 14.9. The summed E-state index contributed by atoms with van der Waals surface area (Å²) >= 11 is 0. The normalized spacial score (nSPS) is 14.5. The number of nitriles is 1. The van der Waals surface area contributed by atoms with Crippen LogP contribution in [0.4, 0.5) is 11.5 Å². The Kier molecular flexibility index (Phi) is 7.72. The highest BCUT2D eigenvalue weighted by molar-refractivity contribution is 6.16. The lowest BCUT2D eigenvalue weighted by molar-refractivity contribution is -0.123. The summed E-state index contributed by atoms with van der Waals surface area (Å²) in [5.41, 5.74) is 7.15. The molecule has 3 rings (SSSR count). The molecule has 1 heterocycles. The van der Waals surface area contributed by atoms with E-state index in [2.05, 4.69) is 15.6 Å². The van der Waals surface area contributed by atoms with Crippen molar-refractivity contribution in [3.8, 4) is 6.07 Å². The SMILES string of the molecule is CCNC(=O)c1c(NC(=O)/C(=C/N)CC#N)[nH]c2cc(N(C)C(=O)C3CCCCC3)ccc12. The molecule has 0 spiro atoms. The maximum Gasteiger partial charge on any atom is 0.255 e. The summed E-state index contributed by atoms with van der Waals surface area (Å²) in [5.74, 6) is -0.590. The zero-order valence-electron chi connectivity index (χ0n) is 19.0. The van der Waals surface area contributed by atoms with Crippen LogP contribution in [0.2, 0.25) is 0 Å². The Morgan fingerprint density at radius 1 is 1.27 bits per heavy atom. The first-order chi connectivity index (χ1) is 15.9. The Morgan fingerprint density at radius 2 is 2.00 bits per heavy atom. The van der Waals surface area contributed by atoms with Crippen LogP contribution in [-0.2, 0) is 9.59 Å². The number of carbonyl (C=O) groups excluding carboxylic acids is 3. The molecular formula is C24H30N6O3. The number of aromatic amines is 1. The third-order valence-electron chi connectivity index (χ3n) is 6.02. The van der Waals surface area contributed by atoms with Gasteiger partial charge in [0.1, 0.15) is 5.82 Å². The number of aromatic nitrogens is 1. The number of nitrogens with zero attached hydrogens (tertiary/aromatic N) is 2. The molecular weight excluding hydrogens is 420 g/mol. The summed E-state index contributed by atoms with van der Waals surface area (Å²) in [4.78, 5) is 43.1. The molecule has 1 aromatic heterocycles. The van der Waals surface area contributed by atoms with Crippen molar-refractivity contribution in [3.05, 3.63) is 35.5 Å². The Balaban J connectivity index is 1.96. The number of anilines is 2. The Hall–Kier alpha value is -3.80. The summed E-state index contributed by atoms with van der Waals surface area (Å²) in [6, 6.07) is 7.25. The second-order valence-corrected chi connectivity index (χ2v) is 8.18. The van der Waals surface area contributed by atoms with Crippen LogP contribution in [0.1, 0.15) is 55.8 Å². The smallest absolute Gasteiger partial charge is 0.255 e. The molecule has 1 aliphatic rings. The van der Waals surface area contributed by atoms with E-state index in [-0.39, 0.29) is 41.1 Å². The first-order valence-electron chi connectivity index (χ1n) is 11.2. The standard InChI is InChI=1S/C24H30N6O3/c1-3-27-23(32)20-18-10-9-17(30(2)24(33)15-7-5-4-6-8-15)13-19(18)28-21(20)29-22(31)16(14-26)11-12-25/h9-10,13-15,28H,3-8,11,26H2,1-2H3,(H,27,32)(H,29,31)/b16-14+. The Bertz CT molecular complexity index is 1120. The van der Waals surface area contributed by atoms with E-state index in [0.29, 0.717) is 23.1 Å². The molecule has 2 aromatic rings. The number of amides is 3. The van der Waals surface area contributed by atoms with Crippen molar-refractivity contribution in [1.82, 2.24) is 10.3 Å². The third kappa shape index (κ3) is 5.17. The fourth-order valence-corrected chi connectivity index (χ4v) is 4.22. The molecule has 1 aromatic carbocycles. The van der Waals surface area contributed by atoms with Crippen LogP contribution in [0.5, 0.6) is 0 Å². The second kappa shape index (κ2) is 10.7. The monoisotopic (exact) mass is 450 g/mol. The van der Waals surface area contributed by atoms with Crippen molar-refractivity contribution in [1.29, 1.82) is 5.26 Å². The summed E-state index contributed by atoms with van der Waals surface area (Å²) < 4.78 is 0. The number of H-pyrrole nitrogens is 1.